The summed E-state index contributed by atoms with van der Waals surface area (Å²) in [5.41, 5.74) is 12.6. The van der Waals surface area contributed by atoms with Gasteiger partial charge in [0.05, 0.1) is 0 Å². The number of benzene rings is 2. The number of para-hydroxylation sites is 1. The second-order valence-corrected chi connectivity index (χ2v) is 10.3. The highest BCUT2D eigenvalue weighted by atomic mass is 16.6. The first-order chi connectivity index (χ1) is 17.6. The first-order valence-corrected chi connectivity index (χ1v) is 12.6. The number of hydrogen-bond donors (Lipinski definition) is 3. The molecule has 1 aromatic heterocycles. The molecule has 9 nitrogen and oxygen atoms in total. The van der Waals surface area contributed by atoms with Gasteiger partial charge in [-0.3, -0.25) is 4.79 Å². The van der Waals surface area contributed by atoms with Gasteiger partial charge in [0, 0.05) is 24.6 Å². The molecule has 1 saturated heterocycles. The van der Waals surface area contributed by atoms with Gasteiger partial charge in [0.2, 0.25) is 0 Å². The van der Waals surface area contributed by atoms with E-state index in [4.69, 9.17) is 25.9 Å². The summed E-state index contributed by atoms with van der Waals surface area (Å²) >= 11 is 0. The van der Waals surface area contributed by atoms with Gasteiger partial charge in [0.15, 0.2) is 0 Å². The standard InChI is InChI=1S/C28H35N5O4/c1-28(2,3)37-27(35)33-16-14-19(17-33)22(13-15-29)26-31-23(24(32-26)25(30)34)18-9-11-21(12-10-18)36-20-7-5-4-6-8-20/h4-12,19,22H,13-17,29H2,1-3H3,(H2,30,34)(H,31,32). The summed E-state index contributed by atoms with van der Waals surface area (Å²) in [7, 11) is 0. The van der Waals surface area contributed by atoms with Crippen molar-refractivity contribution in [2.24, 2.45) is 17.4 Å². The fourth-order valence-corrected chi connectivity index (χ4v) is 4.64. The minimum absolute atomic E-state index is 0.0648. The van der Waals surface area contributed by atoms with E-state index in [9.17, 15) is 9.59 Å². The quantitative estimate of drug-likeness (QED) is 0.407. The Morgan fingerprint density at radius 2 is 1.78 bits per heavy atom. The molecule has 2 amide bonds. The van der Waals surface area contributed by atoms with Crippen molar-refractivity contribution in [2.75, 3.05) is 19.6 Å². The lowest BCUT2D eigenvalue weighted by Crippen LogP contribution is -2.35. The van der Waals surface area contributed by atoms with Crippen molar-refractivity contribution >= 4 is 12.0 Å². The number of imidazole rings is 1. The smallest absolute Gasteiger partial charge is 0.410 e. The minimum Gasteiger partial charge on any atom is -0.457 e. The van der Waals surface area contributed by atoms with Crippen LogP contribution in [0.5, 0.6) is 11.5 Å². The third-order valence-corrected chi connectivity index (χ3v) is 6.35. The Bertz CT molecular complexity index is 1220. The van der Waals surface area contributed by atoms with E-state index in [-0.39, 0.29) is 23.6 Å². The Morgan fingerprint density at radius 3 is 2.41 bits per heavy atom. The van der Waals surface area contributed by atoms with Gasteiger partial charge in [-0.2, -0.15) is 0 Å². The second-order valence-electron chi connectivity index (χ2n) is 10.3. The zero-order valence-electron chi connectivity index (χ0n) is 21.6. The molecule has 3 aromatic rings. The van der Waals surface area contributed by atoms with Crippen molar-refractivity contribution in [2.45, 2.75) is 45.1 Å². The number of nitrogens with two attached hydrogens (primary N) is 2. The number of aromatic nitrogens is 2. The molecule has 0 bridgehead atoms. The number of hydrogen-bond acceptors (Lipinski definition) is 6. The highest BCUT2D eigenvalue weighted by molar-refractivity contribution is 5.97. The van der Waals surface area contributed by atoms with E-state index in [1.165, 1.54) is 0 Å². The maximum Gasteiger partial charge on any atom is 0.410 e. The molecule has 4 rings (SSSR count). The van der Waals surface area contributed by atoms with Crippen LogP contribution in [-0.4, -0.2) is 52.1 Å². The summed E-state index contributed by atoms with van der Waals surface area (Å²) < 4.78 is 11.4. The molecule has 5 N–H and O–H groups in total. The van der Waals surface area contributed by atoms with Crippen molar-refractivity contribution in [1.29, 1.82) is 0 Å². The first kappa shape index (κ1) is 26.2. The Labute approximate surface area is 217 Å². The molecule has 0 aliphatic carbocycles. The van der Waals surface area contributed by atoms with Crippen molar-refractivity contribution in [3.8, 4) is 22.8 Å². The molecule has 9 heteroatoms. The summed E-state index contributed by atoms with van der Waals surface area (Å²) in [5.74, 6) is 1.52. The van der Waals surface area contributed by atoms with Crippen LogP contribution < -0.4 is 16.2 Å². The van der Waals surface area contributed by atoms with E-state index < -0.39 is 11.5 Å². The lowest BCUT2D eigenvalue weighted by Gasteiger charge is -2.25. The lowest BCUT2D eigenvalue weighted by molar-refractivity contribution is 0.0285. The van der Waals surface area contributed by atoms with Crippen LogP contribution >= 0.6 is 0 Å². The van der Waals surface area contributed by atoms with Gasteiger partial charge in [0.25, 0.3) is 5.91 Å². The molecule has 1 fully saturated rings. The Hall–Kier alpha value is -3.85. The van der Waals surface area contributed by atoms with E-state index in [1.807, 2.05) is 75.4 Å². The summed E-state index contributed by atoms with van der Waals surface area (Å²) in [4.78, 5) is 34.6. The number of nitrogens with one attached hydrogen (secondary N) is 1. The third-order valence-electron chi connectivity index (χ3n) is 6.35. The van der Waals surface area contributed by atoms with Crippen LogP contribution in [0.2, 0.25) is 0 Å². The number of carbonyl (C=O) groups excluding carboxylic acids is 2. The van der Waals surface area contributed by atoms with Crippen LogP contribution in [0.15, 0.2) is 54.6 Å². The molecule has 0 saturated carbocycles. The van der Waals surface area contributed by atoms with Crippen LogP contribution in [0.4, 0.5) is 4.79 Å². The largest absolute Gasteiger partial charge is 0.457 e. The number of likely N-dealkylation sites (tertiary alicyclic amines) is 1. The van der Waals surface area contributed by atoms with Crippen LogP contribution in [0.3, 0.4) is 0 Å². The molecule has 2 heterocycles. The fourth-order valence-electron chi connectivity index (χ4n) is 4.64. The highest BCUT2D eigenvalue weighted by Crippen LogP contribution is 2.36. The van der Waals surface area contributed by atoms with Gasteiger partial charge in [-0.1, -0.05) is 18.2 Å². The van der Waals surface area contributed by atoms with E-state index in [2.05, 4.69) is 4.98 Å². The fraction of sp³-hybridized carbons (Fsp3) is 0.393. The Balaban J connectivity index is 1.55. The molecule has 1 aliphatic rings. The van der Waals surface area contributed by atoms with Crippen molar-refractivity contribution in [3.63, 3.8) is 0 Å². The van der Waals surface area contributed by atoms with Crippen LogP contribution in [0.1, 0.15) is 55.8 Å². The SMILES string of the molecule is CC(C)(C)OC(=O)N1CCC(C(CCN)c2nc(-c3ccc(Oc4ccccc4)cc3)c(C(N)=O)[nH]2)C1. The zero-order chi connectivity index (χ0) is 26.6. The van der Waals surface area contributed by atoms with E-state index in [1.54, 1.807) is 4.90 Å². The molecule has 2 atom stereocenters. The van der Waals surface area contributed by atoms with Crippen LogP contribution in [0.25, 0.3) is 11.3 Å². The average molecular weight is 506 g/mol. The molecule has 196 valence electrons. The number of ether oxygens (including phenoxy) is 2. The van der Waals surface area contributed by atoms with Gasteiger partial charge >= 0.3 is 6.09 Å². The summed E-state index contributed by atoms with van der Waals surface area (Å²) in [5, 5.41) is 0. The van der Waals surface area contributed by atoms with Gasteiger partial charge in [0.1, 0.15) is 34.3 Å². The third kappa shape index (κ3) is 6.48. The molecule has 0 radical (unpaired) electrons. The van der Waals surface area contributed by atoms with Crippen LogP contribution in [-0.2, 0) is 4.74 Å². The molecule has 2 unspecified atom stereocenters. The summed E-state index contributed by atoms with van der Waals surface area (Å²) in [6.45, 7) is 7.14. The number of rotatable bonds is 8. The first-order valence-electron chi connectivity index (χ1n) is 12.6. The summed E-state index contributed by atoms with van der Waals surface area (Å²) in [6, 6.07) is 16.8. The summed E-state index contributed by atoms with van der Waals surface area (Å²) in [6.07, 6.45) is 1.12. The Morgan fingerprint density at radius 1 is 1.11 bits per heavy atom. The second kappa shape index (κ2) is 11.0. The van der Waals surface area contributed by atoms with Crippen molar-refractivity contribution in [3.05, 3.63) is 66.1 Å². The predicted molar refractivity (Wildman–Crippen MR) is 141 cm³/mol. The number of primary amides is 1. The number of aromatic amines is 1. The van der Waals surface area contributed by atoms with E-state index in [0.29, 0.717) is 43.3 Å². The molecular formula is C28H35N5O4. The van der Waals surface area contributed by atoms with Gasteiger partial charge in [-0.05, 0) is 82.5 Å². The minimum atomic E-state index is -0.591. The number of H-pyrrole nitrogens is 1. The molecular weight excluding hydrogens is 470 g/mol. The van der Waals surface area contributed by atoms with E-state index >= 15 is 0 Å². The number of carbonyl (C=O) groups is 2. The molecule has 0 spiro atoms. The van der Waals surface area contributed by atoms with Gasteiger partial charge < -0.3 is 30.8 Å². The monoisotopic (exact) mass is 505 g/mol. The molecule has 1 aliphatic heterocycles. The van der Waals surface area contributed by atoms with E-state index in [0.717, 1.165) is 17.7 Å². The Kier molecular flexibility index (Phi) is 7.83. The van der Waals surface area contributed by atoms with Crippen molar-refractivity contribution < 1.29 is 19.1 Å². The van der Waals surface area contributed by atoms with Crippen LogP contribution in [0, 0.1) is 5.92 Å². The number of nitrogens with zero attached hydrogens (tertiary/aromatic N) is 2. The predicted octanol–water partition coefficient (Wildman–Crippen LogP) is 4.66. The maximum atomic E-state index is 12.6. The topological polar surface area (TPSA) is 137 Å². The van der Waals surface area contributed by atoms with Crippen molar-refractivity contribution in [1.82, 2.24) is 14.9 Å². The lowest BCUT2D eigenvalue weighted by atomic mass is 9.88. The molecule has 37 heavy (non-hydrogen) atoms. The maximum absolute atomic E-state index is 12.6. The van der Waals surface area contributed by atoms with Gasteiger partial charge in [-0.25, -0.2) is 9.78 Å². The van der Waals surface area contributed by atoms with Gasteiger partial charge in [-0.15, -0.1) is 0 Å². The average Bonchev–Trinajstić information content (AvgIpc) is 3.51. The molecule has 2 aromatic carbocycles. The normalized spacial score (nSPS) is 16.4. The zero-order valence-corrected chi connectivity index (χ0v) is 21.6. The highest BCUT2D eigenvalue weighted by Gasteiger charge is 2.36. The number of amides is 2.